The molecule has 0 bridgehead atoms. The summed E-state index contributed by atoms with van der Waals surface area (Å²) in [6.07, 6.45) is 6.13. The number of hydrogen-bond donors (Lipinski definition) is 2. The van der Waals surface area contributed by atoms with E-state index in [1.54, 1.807) is 19.0 Å². The fourth-order valence-corrected chi connectivity index (χ4v) is 2.73. The molecule has 2 rings (SSSR count). The minimum atomic E-state index is 0. The van der Waals surface area contributed by atoms with E-state index < -0.39 is 0 Å². The van der Waals surface area contributed by atoms with Crippen LogP contribution in [0.2, 0.25) is 0 Å². The second kappa shape index (κ2) is 10.3. The number of carbonyl (C=O) groups is 1. The number of likely N-dealkylation sites (N-methyl/N-ethyl adjacent to an activating group) is 1. The van der Waals surface area contributed by atoms with Crippen LogP contribution in [0, 0.1) is 0 Å². The van der Waals surface area contributed by atoms with Gasteiger partial charge in [-0.25, -0.2) is 4.99 Å². The van der Waals surface area contributed by atoms with E-state index in [4.69, 9.17) is 0 Å². The van der Waals surface area contributed by atoms with Gasteiger partial charge in [0.15, 0.2) is 5.96 Å². The molecule has 6 nitrogen and oxygen atoms in total. The molecule has 134 valence electrons. The lowest BCUT2D eigenvalue weighted by Crippen LogP contribution is -2.49. The molecule has 0 spiro atoms. The molecule has 1 saturated carbocycles. The van der Waals surface area contributed by atoms with Gasteiger partial charge in [-0.05, 0) is 32.1 Å². The number of nitrogens with zero attached hydrogens (tertiary/aromatic N) is 3. The molecule has 1 heterocycles. The fourth-order valence-electron chi connectivity index (χ4n) is 2.73. The number of carbonyl (C=O) groups excluding carboxylic acids is 1. The van der Waals surface area contributed by atoms with Crippen LogP contribution in [0.15, 0.2) is 4.99 Å². The molecular weight excluding hydrogens is 405 g/mol. The topological polar surface area (TPSA) is 60.0 Å². The zero-order chi connectivity index (χ0) is 15.9. The van der Waals surface area contributed by atoms with Crippen LogP contribution in [0.25, 0.3) is 0 Å². The van der Waals surface area contributed by atoms with Crippen molar-refractivity contribution < 1.29 is 4.79 Å². The summed E-state index contributed by atoms with van der Waals surface area (Å²) >= 11 is 0. The molecule has 0 aromatic carbocycles. The summed E-state index contributed by atoms with van der Waals surface area (Å²) in [5.74, 6) is 0.808. The summed E-state index contributed by atoms with van der Waals surface area (Å²) in [5, 5.41) is 6.82. The summed E-state index contributed by atoms with van der Waals surface area (Å²) in [6, 6.07) is 1.33. The first-order valence-corrected chi connectivity index (χ1v) is 8.59. The van der Waals surface area contributed by atoms with Crippen molar-refractivity contribution in [3.63, 3.8) is 0 Å². The van der Waals surface area contributed by atoms with Crippen molar-refractivity contribution in [2.45, 2.75) is 51.1 Å². The third kappa shape index (κ3) is 7.24. The zero-order valence-corrected chi connectivity index (χ0v) is 17.0. The molecular formula is C16H32IN5O. The molecule has 2 aliphatic rings. The number of guanidine groups is 1. The van der Waals surface area contributed by atoms with Gasteiger partial charge in [0.1, 0.15) is 6.54 Å². The van der Waals surface area contributed by atoms with Crippen molar-refractivity contribution >= 4 is 35.8 Å². The fraction of sp³-hybridized carbons (Fsp3) is 0.875. The third-order valence-electron chi connectivity index (χ3n) is 4.35. The Labute approximate surface area is 157 Å². The molecule has 1 amide bonds. The molecule has 23 heavy (non-hydrogen) atoms. The monoisotopic (exact) mass is 437 g/mol. The molecule has 0 unspecified atom stereocenters. The van der Waals surface area contributed by atoms with Gasteiger partial charge in [0.05, 0.1) is 0 Å². The van der Waals surface area contributed by atoms with Crippen LogP contribution in [0.4, 0.5) is 0 Å². The van der Waals surface area contributed by atoms with Gasteiger partial charge >= 0.3 is 0 Å². The van der Waals surface area contributed by atoms with Crippen molar-refractivity contribution in [3.05, 3.63) is 0 Å². The Morgan fingerprint density at radius 1 is 1.22 bits per heavy atom. The maximum Gasteiger partial charge on any atom is 0.243 e. The van der Waals surface area contributed by atoms with E-state index >= 15 is 0 Å². The molecule has 2 fully saturated rings. The Morgan fingerprint density at radius 2 is 1.87 bits per heavy atom. The van der Waals surface area contributed by atoms with E-state index in [1.807, 2.05) is 0 Å². The first-order chi connectivity index (χ1) is 10.6. The number of halogens is 1. The van der Waals surface area contributed by atoms with Gasteiger partial charge in [-0.2, -0.15) is 0 Å². The average Bonchev–Trinajstić information content (AvgIpc) is 3.35. The Bertz CT molecular complexity index is 390. The highest BCUT2D eigenvalue weighted by Gasteiger charge is 2.31. The molecule has 2 N–H and O–H groups in total. The van der Waals surface area contributed by atoms with Gasteiger partial charge in [-0.3, -0.25) is 4.79 Å². The molecule has 1 saturated heterocycles. The SMILES string of the molecule is CCCNC(=NCC(=O)N(C)C)NC1CCN(C2CC2)CC1.I. The Hall–Kier alpha value is -0.570. The highest BCUT2D eigenvalue weighted by Crippen LogP contribution is 2.29. The first-order valence-electron chi connectivity index (χ1n) is 8.59. The number of hydrogen-bond acceptors (Lipinski definition) is 3. The summed E-state index contributed by atoms with van der Waals surface area (Å²) < 4.78 is 0. The number of nitrogens with one attached hydrogen (secondary N) is 2. The molecule has 0 aromatic rings. The second-order valence-corrected chi connectivity index (χ2v) is 6.57. The Kier molecular flexibility index (Phi) is 9.19. The summed E-state index contributed by atoms with van der Waals surface area (Å²) in [5.41, 5.74) is 0. The highest BCUT2D eigenvalue weighted by molar-refractivity contribution is 14.0. The van der Waals surface area contributed by atoms with Crippen LogP contribution in [0.3, 0.4) is 0 Å². The van der Waals surface area contributed by atoms with E-state index in [9.17, 15) is 4.79 Å². The smallest absolute Gasteiger partial charge is 0.243 e. The summed E-state index contributed by atoms with van der Waals surface area (Å²) in [4.78, 5) is 20.3. The van der Waals surface area contributed by atoms with Crippen LogP contribution in [-0.2, 0) is 4.79 Å². The van der Waals surface area contributed by atoms with Crippen molar-refractivity contribution in [1.29, 1.82) is 0 Å². The van der Waals surface area contributed by atoms with E-state index in [0.29, 0.717) is 6.04 Å². The Balaban J connectivity index is 0.00000264. The van der Waals surface area contributed by atoms with E-state index in [0.717, 1.165) is 37.8 Å². The van der Waals surface area contributed by atoms with Crippen LogP contribution in [0.1, 0.15) is 39.0 Å². The van der Waals surface area contributed by atoms with Crippen molar-refractivity contribution in [3.8, 4) is 0 Å². The van der Waals surface area contributed by atoms with E-state index in [2.05, 4.69) is 27.4 Å². The molecule has 1 aliphatic carbocycles. The third-order valence-corrected chi connectivity index (χ3v) is 4.35. The van der Waals surface area contributed by atoms with Crippen LogP contribution in [0.5, 0.6) is 0 Å². The number of piperidine rings is 1. The summed E-state index contributed by atoms with van der Waals surface area (Å²) in [6.45, 7) is 5.57. The van der Waals surface area contributed by atoms with Crippen LogP contribution >= 0.6 is 24.0 Å². The van der Waals surface area contributed by atoms with E-state index in [1.165, 1.54) is 25.9 Å². The van der Waals surface area contributed by atoms with Crippen molar-refractivity contribution in [1.82, 2.24) is 20.4 Å². The lowest BCUT2D eigenvalue weighted by atomic mass is 10.1. The van der Waals surface area contributed by atoms with Gasteiger partial charge in [0.25, 0.3) is 0 Å². The van der Waals surface area contributed by atoms with Gasteiger partial charge < -0.3 is 20.4 Å². The highest BCUT2D eigenvalue weighted by atomic mass is 127. The number of rotatable bonds is 6. The second-order valence-electron chi connectivity index (χ2n) is 6.57. The normalized spacial score (nSPS) is 19.9. The lowest BCUT2D eigenvalue weighted by molar-refractivity contribution is -0.127. The van der Waals surface area contributed by atoms with E-state index in [-0.39, 0.29) is 36.4 Å². The van der Waals surface area contributed by atoms with Gasteiger partial charge in [-0.15, -0.1) is 24.0 Å². The van der Waals surface area contributed by atoms with Crippen molar-refractivity contribution in [2.75, 3.05) is 40.3 Å². The standard InChI is InChI=1S/C16H31N5O.HI/c1-4-9-17-16(18-12-15(22)20(2)3)19-13-7-10-21(11-8-13)14-5-6-14;/h13-14H,4-12H2,1-3H3,(H2,17,18,19);1H. The maximum atomic E-state index is 11.7. The molecule has 0 radical (unpaired) electrons. The quantitative estimate of drug-likeness (QED) is 0.373. The predicted octanol–water partition coefficient (Wildman–Crippen LogP) is 1.26. The number of aliphatic imine (C=N–C) groups is 1. The minimum absolute atomic E-state index is 0. The molecule has 1 aliphatic heterocycles. The number of likely N-dealkylation sites (tertiary alicyclic amines) is 1. The Morgan fingerprint density at radius 3 is 2.39 bits per heavy atom. The number of amides is 1. The average molecular weight is 437 g/mol. The molecule has 0 aromatic heterocycles. The van der Waals surface area contributed by atoms with Crippen LogP contribution in [-0.4, -0.2) is 74.0 Å². The molecule has 0 atom stereocenters. The van der Waals surface area contributed by atoms with Crippen LogP contribution < -0.4 is 10.6 Å². The van der Waals surface area contributed by atoms with Gasteiger partial charge in [-0.1, -0.05) is 6.92 Å². The van der Waals surface area contributed by atoms with Crippen molar-refractivity contribution in [2.24, 2.45) is 4.99 Å². The summed E-state index contributed by atoms with van der Waals surface area (Å²) in [7, 11) is 3.52. The molecule has 7 heteroatoms. The minimum Gasteiger partial charge on any atom is -0.356 e. The largest absolute Gasteiger partial charge is 0.356 e. The zero-order valence-electron chi connectivity index (χ0n) is 14.7. The first kappa shape index (κ1) is 20.5. The maximum absolute atomic E-state index is 11.7. The van der Waals surface area contributed by atoms with Gasteiger partial charge in [0.2, 0.25) is 5.91 Å². The lowest BCUT2D eigenvalue weighted by Gasteiger charge is -2.33. The van der Waals surface area contributed by atoms with Gasteiger partial charge in [0, 0.05) is 45.8 Å². The predicted molar refractivity (Wildman–Crippen MR) is 105 cm³/mol.